The normalized spacial score (nSPS) is 10.6. The number of nitrogens with zero attached hydrogens (tertiary/aromatic N) is 1. The maximum absolute atomic E-state index is 12.0. The summed E-state index contributed by atoms with van der Waals surface area (Å²) in [5.74, 6) is 0.777. The van der Waals surface area contributed by atoms with Gasteiger partial charge in [-0.3, -0.25) is 9.69 Å². The van der Waals surface area contributed by atoms with E-state index in [0.717, 1.165) is 38.2 Å². The minimum Gasteiger partial charge on any atom is -0.423 e. The molecule has 4 nitrogen and oxygen atoms in total. The third-order valence-electron chi connectivity index (χ3n) is 3.32. The van der Waals surface area contributed by atoms with Gasteiger partial charge in [0.05, 0.1) is 0 Å². The van der Waals surface area contributed by atoms with Crippen LogP contribution in [0.25, 0.3) is 0 Å². The van der Waals surface area contributed by atoms with Crippen LogP contribution in [0.4, 0.5) is 0 Å². The predicted octanol–water partition coefficient (Wildman–Crippen LogP) is 1.69. The lowest BCUT2D eigenvalue weighted by atomic mass is 9.80. The Morgan fingerprint density at radius 2 is 1.74 bits per heavy atom. The van der Waals surface area contributed by atoms with Crippen molar-refractivity contribution in [3.63, 3.8) is 0 Å². The van der Waals surface area contributed by atoms with Crippen molar-refractivity contribution < 1.29 is 14.8 Å². The molecule has 0 bridgehead atoms. The molecule has 1 aromatic carbocycles. The molecule has 0 radical (unpaired) electrons. The van der Waals surface area contributed by atoms with Crippen LogP contribution in [0.1, 0.15) is 23.2 Å². The quantitative estimate of drug-likeness (QED) is 0.367. The van der Waals surface area contributed by atoms with Crippen molar-refractivity contribution in [3.8, 4) is 0 Å². The molecule has 23 heavy (non-hydrogen) atoms. The second-order valence-corrected chi connectivity index (χ2v) is 6.24. The lowest BCUT2D eigenvalue weighted by molar-refractivity contribution is 0.108. The molecule has 0 unspecified atom stereocenters. The number of hydrogen-bond acceptors (Lipinski definition) is 5. The Labute approximate surface area is 143 Å². The Morgan fingerprint density at radius 3 is 2.26 bits per heavy atom. The molecule has 0 aliphatic rings. The van der Waals surface area contributed by atoms with Crippen LogP contribution in [0.3, 0.4) is 0 Å². The summed E-state index contributed by atoms with van der Waals surface area (Å²) in [5, 5.41) is 18.1. The van der Waals surface area contributed by atoms with Crippen LogP contribution in [-0.2, 0) is 0 Å². The van der Waals surface area contributed by atoms with Crippen LogP contribution in [-0.4, -0.2) is 52.6 Å². The lowest BCUT2D eigenvalue weighted by Crippen LogP contribution is -2.29. The highest BCUT2D eigenvalue weighted by atomic mass is 32.2. The van der Waals surface area contributed by atoms with Crippen molar-refractivity contribution >= 4 is 29.5 Å². The third kappa shape index (κ3) is 7.66. The SMILES string of the molecule is C=CCN(CC=C)CCCCSC(=O)c1ccc(B(O)O)cc1. The minimum absolute atomic E-state index is 0.0121. The number of unbranched alkanes of at least 4 members (excludes halogenated alkanes) is 1. The summed E-state index contributed by atoms with van der Waals surface area (Å²) < 4.78 is 0. The van der Waals surface area contributed by atoms with E-state index in [-0.39, 0.29) is 5.12 Å². The van der Waals surface area contributed by atoms with Crippen LogP contribution >= 0.6 is 11.8 Å². The lowest BCUT2D eigenvalue weighted by Gasteiger charge is -2.18. The monoisotopic (exact) mass is 333 g/mol. The summed E-state index contributed by atoms with van der Waals surface area (Å²) in [6, 6.07) is 6.36. The maximum atomic E-state index is 12.0. The van der Waals surface area contributed by atoms with E-state index < -0.39 is 7.12 Å². The molecule has 0 aliphatic carbocycles. The second kappa shape index (κ2) is 11.2. The fourth-order valence-corrected chi connectivity index (χ4v) is 2.94. The van der Waals surface area contributed by atoms with Gasteiger partial charge in [0.2, 0.25) is 5.12 Å². The molecule has 0 aliphatic heterocycles. The molecule has 0 atom stereocenters. The minimum atomic E-state index is -1.50. The standard InChI is InChI=1S/C17H24BNO3S/c1-3-11-19(12-4-2)13-5-6-14-23-17(20)15-7-9-16(10-8-15)18(21)22/h3-4,7-10,21-22H,1-2,5-6,11-14H2. The number of hydrogen-bond donors (Lipinski definition) is 2. The molecule has 1 aromatic rings. The first kappa shape index (κ1) is 19.7. The Balaban J connectivity index is 2.28. The smallest absolute Gasteiger partial charge is 0.423 e. The molecule has 0 amide bonds. The van der Waals surface area contributed by atoms with E-state index in [9.17, 15) is 4.79 Å². The fraction of sp³-hybridized carbons (Fsp3) is 0.353. The average Bonchev–Trinajstić information content (AvgIpc) is 2.54. The van der Waals surface area contributed by atoms with E-state index in [4.69, 9.17) is 10.0 Å². The van der Waals surface area contributed by atoms with Crippen LogP contribution in [0.5, 0.6) is 0 Å². The molecule has 0 heterocycles. The number of rotatable bonds is 11. The van der Waals surface area contributed by atoms with Gasteiger partial charge < -0.3 is 10.0 Å². The number of benzene rings is 1. The fourth-order valence-electron chi connectivity index (χ4n) is 2.10. The summed E-state index contributed by atoms with van der Waals surface area (Å²) >= 11 is 1.30. The zero-order chi connectivity index (χ0) is 17.1. The van der Waals surface area contributed by atoms with Gasteiger partial charge in [-0.2, -0.15) is 0 Å². The Kier molecular flexibility index (Phi) is 9.63. The molecular formula is C17H24BNO3S. The van der Waals surface area contributed by atoms with Gasteiger partial charge in [-0.15, -0.1) is 13.2 Å². The molecule has 2 N–H and O–H groups in total. The van der Waals surface area contributed by atoms with Crippen LogP contribution in [0, 0.1) is 0 Å². The van der Waals surface area contributed by atoms with E-state index >= 15 is 0 Å². The third-order valence-corrected chi connectivity index (χ3v) is 4.31. The van der Waals surface area contributed by atoms with Gasteiger partial charge in [0.15, 0.2) is 0 Å². The Bertz CT molecular complexity index is 495. The number of thioether (sulfide) groups is 1. The van der Waals surface area contributed by atoms with Crippen molar-refractivity contribution in [2.24, 2.45) is 0 Å². The van der Waals surface area contributed by atoms with Crippen molar-refractivity contribution in [1.82, 2.24) is 4.90 Å². The first-order chi connectivity index (χ1) is 11.1. The summed E-state index contributed by atoms with van der Waals surface area (Å²) in [6.45, 7) is 10.2. The highest BCUT2D eigenvalue weighted by molar-refractivity contribution is 8.14. The zero-order valence-electron chi connectivity index (χ0n) is 13.4. The van der Waals surface area contributed by atoms with Gasteiger partial charge in [0.25, 0.3) is 0 Å². The van der Waals surface area contributed by atoms with Crippen molar-refractivity contribution in [1.29, 1.82) is 0 Å². The molecule has 0 saturated heterocycles. The van der Waals surface area contributed by atoms with E-state index in [1.54, 1.807) is 24.3 Å². The highest BCUT2D eigenvalue weighted by Gasteiger charge is 2.12. The molecule has 6 heteroatoms. The summed E-state index contributed by atoms with van der Waals surface area (Å²) in [4.78, 5) is 14.3. The first-order valence-corrected chi connectivity index (χ1v) is 8.64. The molecule has 1 rings (SSSR count). The van der Waals surface area contributed by atoms with Gasteiger partial charge in [-0.1, -0.05) is 48.2 Å². The van der Waals surface area contributed by atoms with E-state index in [1.807, 2.05) is 12.2 Å². The van der Waals surface area contributed by atoms with Crippen molar-refractivity contribution in [2.75, 3.05) is 25.4 Å². The van der Waals surface area contributed by atoms with Gasteiger partial charge in [-0.25, -0.2) is 0 Å². The van der Waals surface area contributed by atoms with Crippen molar-refractivity contribution in [3.05, 3.63) is 55.1 Å². The summed E-state index contributed by atoms with van der Waals surface area (Å²) in [6.07, 6.45) is 5.76. The Hall–Kier alpha value is -1.34. The molecule has 124 valence electrons. The topological polar surface area (TPSA) is 60.8 Å². The summed E-state index contributed by atoms with van der Waals surface area (Å²) in [7, 11) is -1.50. The van der Waals surface area contributed by atoms with Crippen LogP contribution in [0.2, 0.25) is 0 Å². The Morgan fingerprint density at radius 1 is 1.13 bits per heavy atom. The largest absolute Gasteiger partial charge is 0.488 e. The van der Waals surface area contributed by atoms with Crippen LogP contribution < -0.4 is 5.46 Å². The number of carbonyl (C=O) groups excluding carboxylic acids is 1. The number of carbonyl (C=O) groups is 1. The van der Waals surface area contributed by atoms with Crippen LogP contribution in [0.15, 0.2) is 49.6 Å². The van der Waals surface area contributed by atoms with E-state index in [1.165, 1.54) is 11.8 Å². The van der Waals surface area contributed by atoms with E-state index in [0.29, 0.717) is 11.0 Å². The molecule has 0 aromatic heterocycles. The van der Waals surface area contributed by atoms with Gasteiger partial charge in [0, 0.05) is 24.4 Å². The zero-order valence-corrected chi connectivity index (χ0v) is 14.2. The van der Waals surface area contributed by atoms with Gasteiger partial charge >= 0.3 is 7.12 Å². The highest BCUT2D eigenvalue weighted by Crippen LogP contribution is 2.13. The van der Waals surface area contributed by atoms with E-state index in [2.05, 4.69) is 18.1 Å². The van der Waals surface area contributed by atoms with Gasteiger partial charge in [-0.05, 0) is 24.8 Å². The molecular weight excluding hydrogens is 309 g/mol. The molecule has 0 spiro atoms. The maximum Gasteiger partial charge on any atom is 0.488 e. The molecule has 0 saturated carbocycles. The molecule has 0 fully saturated rings. The average molecular weight is 333 g/mol. The first-order valence-electron chi connectivity index (χ1n) is 7.66. The second-order valence-electron chi connectivity index (χ2n) is 5.18. The van der Waals surface area contributed by atoms with Crippen molar-refractivity contribution in [2.45, 2.75) is 12.8 Å². The van der Waals surface area contributed by atoms with Gasteiger partial charge in [0.1, 0.15) is 0 Å². The predicted molar refractivity (Wildman–Crippen MR) is 99.1 cm³/mol. The summed E-state index contributed by atoms with van der Waals surface area (Å²) in [5.41, 5.74) is 0.968.